The lowest BCUT2D eigenvalue weighted by Crippen LogP contribution is -2.27. The second kappa shape index (κ2) is 10.2. The van der Waals surface area contributed by atoms with Gasteiger partial charge in [-0.25, -0.2) is 4.39 Å². The summed E-state index contributed by atoms with van der Waals surface area (Å²) in [7, 11) is 0. The number of ether oxygens (including phenoxy) is 1. The lowest BCUT2D eigenvalue weighted by Gasteiger charge is -2.14. The first kappa shape index (κ1) is 23.6. The van der Waals surface area contributed by atoms with Gasteiger partial charge >= 0.3 is 0 Å². The van der Waals surface area contributed by atoms with Gasteiger partial charge in [-0.05, 0) is 59.8 Å². The van der Waals surface area contributed by atoms with Crippen LogP contribution in [0.5, 0.6) is 5.75 Å². The predicted octanol–water partition coefficient (Wildman–Crippen LogP) is 7.60. The topological polar surface area (TPSA) is 46.6 Å². The molecule has 33 heavy (non-hydrogen) atoms. The number of halogens is 4. The van der Waals surface area contributed by atoms with Crippen LogP contribution in [0.4, 0.5) is 9.18 Å². The Balaban J connectivity index is 1.50. The highest BCUT2D eigenvalue weighted by molar-refractivity contribution is 8.18. The van der Waals surface area contributed by atoms with E-state index in [2.05, 4.69) is 0 Å². The molecule has 168 valence electrons. The Morgan fingerprint density at radius 1 is 0.909 bits per heavy atom. The molecular formula is C24H15Cl3FNO3S. The molecule has 0 atom stereocenters. The highest BCUT2D eigenvalue weighted by atomic mass is 35.5. The summed E-state index contributed by atoms with van der Waals surface area (Å²) in [5.41, 5.74) is 1.41. The number of thioether (sulfide) groups is 1. The van der Waals surface area contributed by atoms with Crippen molar-refractivity contribution in [1.82, 2.24) is 4.90 Å². The maximum Gasteiger partial charge on any atom is 0.293 e. The number of rotatable bonds is 6. The van der Waals surface area contributed by atoms with Gasteiger partial charge in [-0.1, -0.05) is 59.1 Å². The van der Waals surface area contributed by atoms with Crippen LogP contribution < -0.4 is 4.74 Å². The summed E-state index contributed by atoms with van der Waals surface area (Å²) in [6, 6.07) is 16.3. The van der Waals surface area contributed by atoms with E-state index in [0.29, 0.717) is 26.9 Å². The molecule has 0 radical (unpaired) electrons. The fourth-order valence-corrected chi connectivity index (χ4v) is 4.72. The molecule has 3 aromatic rings. The fraction of sp³-hybridized carbons (Fsp3) is 0.0833. The van der Waals surface area contributed by atoms with E-state index in [1.54, 1.807) is 54.6 Å². The summed E-state index contributed by atoms with van der Waals surface area (Å²) in [6.07, 6.45) is 1.60. The zero-order valence-electron chi connectivity index (χ0n) is 16.9. The number of imide groups is 1. The van der Waals surface area contributed by atoms with Crippen molar-refractivity contribution in [3.05, 3.63) is 103 Å². The van der Waals surface area contributed by atoms with Crippen LogP contribution in [0, 0.1) is 5.82 Å². The maximum absolute atomic E-state index is 14.0. The number of hydrogen-bond acceptors (Lipinski definition) is 4. The van der Waals surface area contributed by atoms with E-state index >= 15 is 0 Å². The van der Waals surface area contributed by atoms with Crippen molar-refractivity contribution in [1.29, 1.82) is 0 Å². The molecule has 0 saturated carbocycles. The molecule has 3 aromatic carbocycles. The molecule has 1 aliphatic rings. The van der Waals surface area contributed by atoms with Crippen molar-refractivity contribution in [2.24, 2.45) is 0 Å². The van der Waals surface area contributed by atoms with E-state index in [4.69, 9.17) is 39.5 Å². The van der Waals surface area contributed by atoms with Gasteiger partial charge in [0.1, 0.15) is 18.2 Å². The summed E-state index contributed by atoms with van der Waals surface area (Å²) in [5.74, 6) is -0.429. The molecule has 0 bridgehead atoms. The number of carbonyl (C=O) groups is 2. The van der Waals surface area contributed by atoms with Gasteiger partial charge in [0.25, 0.3) is 11.1 Å². The van der Waals surface area contributed by atoms with Gasteiger partial charge in [0.2, 0.25) is 0 Å². The third-order valence-corrected chi connectivity index (χ3v) is 6.82. The van der Waals surface area contributed by atoms with E-state index in [0.717, 1.165) is 16.7 Å². The smallest absolute Gasteiger partial charge is 0.293 e. The molecule has 1 fully saturated rings. The normalized spacial score (nSPS) is 14.9. The fourth-order valence-electron chi connectivity index (χ4n) is 3.15. The Morgan fingerprint density at radius 3 is 2.24 bits per heavy atom. The van der Waals surface area contributed by atoms with Gasteiger partial charge in [-0.15, -0.1) is 0 Å². The molecule has 1 heterocycles. The molecule has 2 amide bonds. The van der Waals surface area contributed by atoms with Gasteiger partial charge in [0, 0.05) is 21.2 Å². The summed E-state index contributed by atoms with van der Waals surface area (Å²) >= 11 is 19.2. The van der Waals surface area contributed by atoms with E-state index in [1.807, 2.05) is 0 Å². The standard InChI is InChI=1S/C24H15Cl3FNO3S/c25-18-6-2-7-19(26)16(18)12-29-23(30)22(33-24(29)31)11-14-4-1-5-15(10-14)32-13-17-20(27)8-3-9-21(17)28/h1-11H,12-13H2/b22-11+. The van der Waals surface area contributed by atoms with Gasteiger partial charge in [0.15, 0.2) is 0 Å². The summed E-state index contributed by atoms with van der Waals surface area (Å²) in [4.78, 5) is 26.7. The first-order valence-corrected chi connectivity index (χ1v) is 11.6. The minimum atomic E-state index is -0.453. The number of nitrogens with zero attached hydrogens (tertiary/aromatic N) is 1. The van der Waals surface area contributed by atoms with Crippen molar-refractivity contribution in [3.63, 3.8) is 0 Å². The molecule has 0 N–H and O–H groups in total. The zero-order chi connectivity index (χ0) is 23.5. The summed E-state index contributed by atoms with van der Waals surface area (Å²) in [6.45, 7) is -0.0723. The number of amides is 2. The lowest BCUT2D eigenvalue weighted by molar-refractivity contribution is -0.123. The molecule has 4 nitrogen and oxygen atoms in total. The van der Waals surface area contributed by atoms with E-state index < -0.39 is 17.0 Å². The van der Waals surface area contributed by atoms with Crippen LogP contribution in [0.3, 0.4) is 0 Å². The van der Waals surface area contributed by atoms with Crippen molar-refractivity contribution in [3.8, 4) is 5.75 Å². The van der Waals surface area contributed by atoms with Crippen LogP contribution in [0.2, 0.25) is 15.1 Å². The first-order chi connectivity index (χ1) is 15.8. The van der Waals surface area contributed by atoms with Crippen molar-refractivity contribution in [2.75, 3.05) is 0 Å². The predicted molar refractivity (Wildman–Crippen MR) is 130 cm³/mol. The second-order valence-corrected chi connectivity index (χ2v) is 9.24. The minimum absolute atomic E-state index is 0.0208. The highest BCUT2D eigenvalue weighted by Crippen LogP contribution is 2.36. The largest absolute Gasteiger partial charge is 0.489 e. The van der Waals surface area contributed by atoms with Crippen molar-refractivity contribution >= 4 is 63.8 Å². The molecule has 0 spiro atoms. The van der Waals surface area contributed by atoms with Gasteiger partial charge in [-0.3, -0.25) is 14.5 Å². The Morgan fingerprint density at radius 2 is 1.55 bits per heavy atom. The van der Waals surface area contributed by atoms with Gasteiger partial charge in [0.05, 0.1) is 16.5 Å². The molecule has 1 saturated heterocycles. The molecule has 0 aromatic heterocycles. The van der Waals surface area contributed by atoms with Crippen LogP contribution >= 0.6 is 46.6 Å². The van der Waals surface area contributed by atoms with Crippen LogP contribution in [0.15, 0.2) is 65.6 Å². The Labute approximate surface area is 208 Å². The first-order valence-electron chi connectivity index (χ1n) is 9.67. The minimum Gasteiger partial charge on any atom is -0.489 e. The summed E-state index contributed by atoms with van der Waals surface area (Å²) < 4.78 is 19.6. The number of hydrogen-bond donors (Lipinski definition) is 0. The van der Waals surface area contributed by atoms with Crippen LogP contribution in [0.25, 0.3) is 6.08 Å². The Hall–Kier alpha value is -2.51. The van der Waals surface area contributed by atoms with Crippen molar-refractivity contribution in [2.45, 2.75) is 13.2 Å². The summed E-state index contributed by atoms with van der Waals surface area (Å²) in [5, 5.41) is 0.623. The van der Waals surface area contributed by atoms with Gasteiger partial charge in [-0.2, -0.15) is 0 Å². The molecule has 0 aliphatic carbocycles. The van der Waals surface area contributed by atoms with Gasteiger partial charge < -0.3 is 4.74 Å². The van der Waals surface area contributed by atoms with E-state index in [-0.39, 0.29) is 28.6 Å². The third kappa shape index (κ3) is 5.36. The van der Waals surface area contributed by atoms with Crippen LogP contribution in [0.1, 0.15) is 16.7 Å². The second-order valence-electron chi connectivity index (χ2n) is 7.03. The highest BCUT2D eigenvalue weighted by Gasteiger charge is 2.35. The quantitative estimate of drug-likeness (QED) is 0.313. The maximum atomic E-state index is 14.0. The Bertz CT molecular complexity index is 1240. The monoisotopic (exact) mass is 521 g/mol. The van der Waals surface area contributed by atoms with Crippen LogP contribution in [-0.2, 0) is 17.9 Å². The Kier molecular flexibility index (Phi) is 7.29. The lowest BCUT2D eigenvalue weighted by atomic mass is 10.2. The van der Waals surface area contributed by atoms with Crippen molar-refractivity contribution < 1.29 is 18.7 Å². The van der Waals surface area contributed by atoms with Crippen LogP contribution in [-0.4, -0.2) is 16.0 Å². The van der Waals surface area contributed by atoms with E-state index in [1.165, 1.54) is 12.1 Å². The van der Waals surface area contributed by atoms with E-state index in [9.17, 15) is 14.0 Å². The molecule has 1 aliphatic heterocycles. The zero-order valence-corrected chi connectivity index (χ0v) is 19.9. The SMILES string of the molecule is O=C1S/C(=C/c2cccc(OCc3c(F)cccc3Cl)c2)C(=O)N1Cc1c(Cl)cccc1Cl. The average molecular weight is 523 g/mol. The molecular weight excluding hydrogens is 508 g/mol. The third-order valence-electron chi connectivity index (χ3n) is 4.85. The number of carbonyl (C=O) groups excluding carboxylic acids is 2. The molecule has 0 unspecified atom stereocenters. The average Bonchev–Trinajstić information content (AvgIpc) is 3.03. The molecule has 9 heteroatoms. The number of benzene rings is 3. The molecule has 4 rings (SSSR count).